The van der Waals surface area contributed by atoms with E-state index >= 15 is 0 Å². The molecule has 150 valence electrons. The minimum atomic E-state index is -0.875. The van der Waals surface area contributed by atoms with Crippen molar-refractivity contribution in [2.24, 2.45) is 0 Å². The van der Waals surface area contributed by atoms with Gasteiger partial charge < -0.3 is 20.1 Å². The zero-order chi connectivity index (χ0) is 20.8. The fraction of sp³-hybridized carbons (Fsp3) is 0.238. The summed E-state index contributed by atoms with van der Waals surface area (Å²) in [6.07, 6.45) is 0.351. The molecule has 8 nitrogen and oxygen atoms in total. The summed E-state index contributed by atoms with van der Waals surface area (Å²) in [6, 6.07) is 12.6. The fourth-order valence-electron chi connectivity index (χ4n) is 2.94. The maximum absolute atomic E-state index is 12.4. The zero-order valence-corrected chi connectivity index (χ0v) is 15.8. The molecule has 0 spiro atoms. The molecule has 3 aromatic rings. The summed E-state index contributed by atoms with van der Waals surface area (Å²) >= 11 is 0. The highest BCUT2D eigenvalue weighted by Crippen LogP contribution is 2.12. The molecular formula is C21H21N3O5. The highest BCUT2D eigenvalue weighted by molar-refractivity contribution is 5.84. The molecular weight excluding hydrogens is 374 g/mol. The molecule has 29 heavy (non-hydrogen) atoms. The van der Waals surface area contributed by atoms with E-state index in [1.165, 1.54) is 19.2 Å². The number of phenolic OH excluding ortho intramolecular Hbond substituents is 1. The van der Waals surface area contributed by atoms with E-state index in [-0.39, 0.29) is 36.3 Å². The minimum absolute atomic E-state index is 0.00249. The molecule has 2 aromatic carbocycles. The van der Waals surface area contributed by atoms with Gasteiger partial charge in [-0.1, -0.05) is 24.3 Å². The lowest BCUT2D eigenvalue weighted by atomic mass is 10.1. The van der Waals surface area contributed by atoms with Gasteiger partial charge in [-0.25, -0.2) is 9.78 Å². The number of carbonyl (C=O) groups is 2. The molecule has 0 saturated carbocycles. The molecule has 3 N–H and O–H groups in total. The first-order valence-corrected chi connectivity index (χ1v) is 9.09. The Morgan fingerprint density at radius 1 is 1.17 bits per heavy atom. The lowest BCUT2D eigenvalue weighted by Gasteiger charge is -2.16. The van der Waals surface area contributed by atoms with Crippen LogP contribution in [0.25, 0.3) is 11.0 Å². The number of H-pyrrole nitrogens is 1. The molecule has 0 aliphatic rings. The molecule has 0 saturated heterocycles. The van der Waals surface area contributed by atoms with Crippen LogP contribution in [0.1, 0.15) is 17.7 Å². The van der Waals surface area contributed by atoms with Crippen LogP contribution in [-0.2, 0) is 27.2 Å². The van der Waals surface area contributed by atoms with Crippen LogP contribution in [0.4, 0.5) is 0 Å². The number of ether oxygens (including phenoxy) is 1. The van der Waals surface area contributed by atoms with Crippen molar-refractivity contribution in [2.75, 3.05) is 7.11 Å². The number of esters is 1. The molecule has 1 amide bonds. The maximum Gasteiger partial charge on any atom is 0.328 e. The van der Waals surface area contributed by atoms with Crippen LogP contribution in [0, 0.1) is 0 Å². The Morgan fingerprint density at radius 3 is 2.62 bits per heavy atom. The van der Waals surface area contributed by atoms with Crippen LogP contribution in [-0.4, -0.2) is 40.1 Å². The third-order valence-corrected chi connectivity index (χ3v) is 4.46. The number of aromatic amines is 1. The Balaban J connectivity index is 1.65. The van der Waals surface area contributed by atoms with Gasteiger partial charge in [0.15, 0.2) is 0 Å². The average Bonchev–Trinajstić information content (AvgIpc) is 2.72. The van der Waals surface area contributed by atoms with Gasteiger partial charge in [-0.3, -0.25) is 9.59 Å². The predicted octanol–water partition coefficient (Wildman–Crippen LogP) is 1.46. The molecule has 0 aliphatic heterocycles. The smallest absolute Gasteiger partial charge is 0.328 e. The van der Waals surface area contributed by atoms with Gasteiger partial charge in [0, 0.05) is 19.3 Å². The second kappa shape index (κ2) is 9.01. The molecule has 8 heteroatoms. The van der Waals surface area contributed by atoms with Gasteiger partial charge in [-0.05, 0) is 29.8 Å². The van der Waals surface area contributed by atoms with Crippen LogP contribution >= 0.6 is 0 Å². The number of benzene rings is 2. The number of carbonyl (C=O) groups excluding carboxylic acids is 2. The number of hydrogen-bond donors (Lipinski definition) is 3. The largest absolute Gasteiger partial charge is 0.508 e. The Morgan fingerprint density at radius 2 is 1.90 bits per heavy atom. The lowest BCUT2D eigenvalue weighted by molar-refractivity contribution is -0.145. The van der Waals surface area contributed by atoms with Gasteiger partial charge in [-0.15, -0.1) is 0 Å². The molecule has 0 fully saturated rings. The first kappa shape index (κ1) is 20.1. The van der Waals surface area contributed by atoms with E-state index in [0.29, 0.717) is 11.0 Å². The quantitative estimate of drug-likeness (QED) is 0.521. The third-order valence-electron chi connectivity index (χ3n) is 4.46. The van der Waals surface area contributed by atoms with Crippen molar-refractivity contribution in [3.05, 3.63) is 70.1 Å². The molecule has 0 aliphatic carbocycles. The van der Waals surface area contributed by atoms with Gasteiger partial charge in [0.1, 0.15) is 17.5 Å². The number of hydrogen-bond acceptors (Lipinski definition) is 6. The van der Waals surface area contributed by atoms with Crippen molar-refractivity contribution >= 4 is 22.9 Å². The molecule has 1 heterocycles. The second-order valence-electron chi connectivity index (χ2n) is 6.54. The van der Waals surface area contributed by atoms with E-state index < -0.39 is 17.9 Å². The van der Waals surface area contributed by atoms with Crippen LogP contribution in [0.2, 0.25) is 0 Å². The number of rotatable bonds is 7. The molecule has 3 rings (SSSR count). The van der Waals surface area contributed by atoms with Crippen LogP contribution in [0.15, 0.2) is 53.3 Å². The standard InChI is InChI=1S/C21H21N3O5/c1-29-21(28)18(12-13-6-8-14(25)9-7-13)23-19(26)11-10-17-20(27)24-16-5-3-2-4-15(16)22-17/h2-9,18,25H,10-12H2,1H3,(H,23,26)(H,24,27)/t18-/m0/s1. The highest BCUT2D eigenvalue weighted by Gasteiger charge is 2.22. The van der Waals surface area contributed by atoms with Crippen molar-refractivity contribution in [3.8, 4) is 5.75 Å². The number of methoxy groups -OCH3 is 1. The predicted molar refractivity (Wildman–Crippen MR) is 106 cm³/mol. The van der Waals surface area contributed by atoms with Crippen molar-refractivity contribution < 1.29 is 19.4 Å². The summed E-state index contributed by atoms with van der Waals surface area (Å²) < 4.78 is 4.77. The number of amides is 1. The van der Waals surface area contributed by atoms with E-state index in [1.807, 2.05) is 6.07 Å². The number of nitrogens with zero attached hydrogens (tertiary/aromatic N) is 1. The van der Waals surface area contributed by atoms with Gasteiger partial charge >= 0.3 is 5.97 Å². The maximum atomic E-state index is 12.4. The number of aromatic hydroxyl groups is 1. The second-order valence-corrected chi connectivity index (χ2v) is 6.54. The summed E-state index contributed by atoms with van der Waals surface area (Å²) in [7, 11) is 1.25. The summed E-state index contributed by atoms with van der Waals surface area (Å²) in [5.74, 6) is -0.859. The average molecular weight is 395 g/mol. The van der Waals surface area contributed by atoms with Crippen LogP contribution in [0.5, 0.6) is 5.75 Å². The van der Waals surface area contributed by atoms with Crippen molar-refractivity contribution in [1.29, 1.82) is 0 Å². The number of phenols is 1. The number of aryl methyl sites for hydroxylation is 1. The summed E-state index contributed by atoms with van der Waals surface area (Å²) in [4.78, 5) is 43.6. The van der Waals surface area contributed by atoms with E-state index in [0.717, 1.165) is 5.56 Å². The number of nitrogens with one attached hydrogen (secondary N) is 2. The summed E-state index contributed by atoms with van der Waals surface area (Å²) in [5.41, 5.74) is 1.94. The Hall–Kier alpha value is -3.68. The third kappa shape index (κ3) is 5.19. The first-order chi connectivity index (χ1) is 14.0. The van der Waals surface area contributed by atoms with Crippen LogP contribution in [0.3, 0.4) is 0 Å². The van der Waals surface area contributed by atoms with Gasteiger partial charge in [0.2, 0.25) is 5.91 Å². The number of aromatic nitrogens is 2. The van der Waals surface area contributed by atoms with Crippen molar-refractivity contribution in [1.82, 2.24) is 15.3 Å². The van der Waals surface area contributed by atoms with E-state index in [9.17, 15) is 19.5 Å². The molecule has 0 bridgehead atoms. The lowest BCUT2D eigenvalue weighted by Crippen LogP contribution is -2.43. The van der Waals surface area contributed by atoms with E-state index in [4.69, 9.17) is 4.74 Å². The Labute approximate surface area is 166 Å². The zero-order valence-electron chi connectivity index (χ0n) is 15.8. The highest BCUT2D eigenvalue weighted by atomic mass is 16.5. The van der Waals surface area contributed by atoms with Crippen molar-refractivity contribution in [3.63, 3.8) is 0 Å². The molecule has 1 atom stereocenters. The van der Waals surface area contributed by atoms with Crippen molar-refractivity contribution in [2.45, 2.75) is 25.3 Å². The minimum Gasteiger partial charge on any atom is -0.508 e. The SMILES string of the molecule is COC(=O)[C@H](Cc1ccc(O)cc1)NC(=O)CCc1nc2ccccc2[nH]c1=O. The molecule has 0 unspecified atom stereocenters. The Kier molecular flexibility index (Phi) is 6.23. The molecule has 0 radical (unpaired) electrons. The normalized spacial score (nSPS) is 11.8. The molecule has 1 aromatic heterocycles. The van der Waals surface area contributed by atoms with Gasteiger partial charge in [-0.2, -0.15) is 0 Å². The van der Waals surface area contributed by atoms with Gasteiger partial charge in [0.05, 0.1) is 18.1 Å². The Bertz CT molecular complexity index is 1080. The van der Waals surface area contributed by atoms with E-state index in [1.54, 1.807) is 30.3 Å². The first-order valence-electron chi connectivity index (χ1n) is 9.09. The van der Waals surface area contributed by atoms with Gasteiger partial charge in [0.25, 0.3) is 5.56 Å². The summed E-state index contributed by atoms with van der Waals surface area (Å²) in [6.45, 7) is 0. The summed E-state index contributed by atoms with van der Waals surface area (Å²) in [5, 5.41) is 12.0. The van der Waals surface area contributed by atoms with E-state index in [2.05, 4.69) is 15.3 Å². The monoisotopic (exact) mass is 395 g/mol. The van der Waals surface area contributed by atoms with Crippen LogP contribution < -0.4 is 10.9 Å². The number of para-hydroxylation sites is 2. The fourth-order valence-corrected chi connectivity index (χ4v) is 2.94. The number of fused-ring (bicyclic) bond motifs is 1. The topological polar surface area (TPSA) is 121 Å².